The average molecular weight is 372 g/mol. The van der Waals surface area contributed by atoms with Crippen molar-refractivity contribution in [2.75, 3.05) is 11.9 Å². The number of amides is 1. The van der Waals surface area contributed by atoms with Gasteiger partial charge in [-0.3, -0.25) is 9.20 Å². The molecule has 0 aliphatic carbocycles. The molecular formula is C21H16N4O3. The monoisotopic (exact) mass is 372 g/mol. The van der Waals surface area contributed by atoms with Gasteiger partial charge in [-0.25, -0.2) is 9.97 Å². The van der Waals surface area contributed by atoms with E-state index in [4.69, 9.17) is 9.47 Å². The summed E-state index contributed by atoms with van der Waals surface area (Å²) in [6, 6.07) is 16.7. The standard InChI is InChI=1S/C21H16N4O3/c26-20(19-13-27-17-7-1-2-8-18(17)28-19)23-15-6-3-5-14(11-15)16-12-25-10-4-9-22-21(25)24-16/h1-12,19H,13H2,(H,23,26)/t19-/m0/s1. The lowest BCUT2D eigenvalue weighted by molar-refractivity contribution is -0.125. The van der Waals surface area contributed by atoms with Crippen LogP contribution in [0.15, 0.2) is 73.2 Å². The summed E-state index contributed by atoms with van der Waals surface area (Å²) in [6.45, 7) is 0.167. The van der Waals surface area contributed by atoms with Crippen LogP contribution in [0.3, 0.4) is 0 Å². The summed E-state index contributed by atoms with van der Waals surface area (Å²) in [4.78, 5) is 21.4. The molecule has 28 heavy (non-hydrogen) atoms. The number of benzene rings is 2. The molecule has 3 heterocycles. The van der Waals surface area contributed by atoms with Crippen LogP contribution in [0.4, 0.5) is 5.69 Å². The smallest absolute Gasteiger partial charge is 0.269 e. The van der Waals surface area contributed by atoms with Gasteiger partial charge in [-0.15, -0.1) is 0 Å². The van der Waals surface area contributed by atoms with Crippen LogP contribution in [0, 0.1) is 0 Å². The van der Waals surface area contributed by atoms with E-state index in [-0.39, 0.29) is 12.5 Å². The lowest BCUT2D eigenvalue weighted by Crippen LogP contribution is -2.40. The Morgan fingerprint density at radius 3 is 2.89 bits per heavy atom. The maximum atomic E-state index is 12.6. The fourth-order valence-corrected chi connectivity index (χ4v) is 3.10. The zero-order chi connectivity index (χ0) is 18.9. The molecule has 1 aliphatic heterocycles. The second-order valence-corrected chi connectivity index (χ2v) is 6.39. The van der Waals surface area contributed by atoms with Gasteiger partial charge in [-0.1, -0.05) is 24.3 Å². The van der Waals surface area contributed by atoms with Crippen LogP contribution in [-0.4, -0.2) is 33.0 Å². The van der Waals surface area contributed by atoms with Crippen molar-refractivity contribution in [1.29, 1.82) is 0 Å². The second-order valence-electron chi connectivity index (χ2n) is 6.39. The number of ether oxygens (including phenoxy) is 2. The highest BCUT2D eigenvalue weighted by Crippen LogP contribution is 2.31. The van der Waals surface area contributed by atoms with Gasteiger partial charge in [0.15, 0.2) is 11.5 Å². The minimum Gasteiger partial charge on any atom is -0.485 e. The van der Waals surface area contributed by atoms with Crippen LogP contribution in [0.5, 0.6) is 11.5 Å². The van der Waals surface area contributed by atoms with Crippen molar-refractivity contribution < 1.29 is 14.3 Å². The summed E-state index contributed by atoms with van der Waals surface area (Å²) in [6.07, 6.45) is 4.78. The molecule has 1 N–H and O–H groups in total. The third kappa shape index (κ3) is 3.03. The highest BCUT2D eigenvalue weighted by molar-refractivity contribution is 5.95. The SMILES string of the molecule is O=C(Nc1cccc(-c2cn3cccnc3n2)c1)[C@@H]1COc2ccccc2O1. The van der Waals surface area contributed by atoms with Gasteiger partial charge in [0.25, 0.3) is 5.91 Å². The summed E-state index contributed by atoms with van der Waals surface area (Å²) < 4.78 is 13.2. The normalized spacial score (nSPS) is 15.4. The van der Waals surface area contributed by atoms with Gasteiger partial charge in [-0.05, 0) is 30.3 Å². The van der Waals surface area contributed by atoms with Gasteiger partial charge in [0.05, 0.1) is 5.69 Å². The first kappa shape index (κ1) is 16.3. The van der Waals surface area contributed by atoms with E-state index in [2.05, 4.69) is 15.3 Å². The molecule has 2 aromatic carbocycles. The van der Waals surface area contributed by atoms with Gasteiger partial charge in [0, 0.05) is 29.8 Å². The fourth-order valence-electron chi connectivity index (χ4n) is 3.10. The number of rotatable bonds is 3. The summed E-state index contributed by atoms with van der Waals surface area (Å²) >= 11 is 0. The minimum atomic E-state index is -0.710. The number of carbonyl (C=O) groups excluding carboxylic acids is 1. The molecule has 1 amide bonds. The van der Waals surface area contributed by atoms with E-state index in [1.165, 1.54) is 0 Å². The highest BCUT2D eigenvalue weighted by atomic mass is 16.6. The Balaban J connectivity index is 1.35. The van der Waals surface area contributed by atoms with E-state index in [0.29, 0.717) is 23.0 Å². The lowest BCUT2D eigenvalue weighted by Gasteiger charge is -2.25. The third-order valence-electron chi connectivity index (χ3n) is 4.46. The predicted octanol–water partition coefficient (Wildman–Crippen LogP) is 3.17. The molecule has 1 atom stereocenters. The molecule has 0 saturated heterocycles. The van der Waals surface area contributed by atoms with Gasteiger partial charge in [-0.2, -0.15) is 0 Å². The number of hydrogen-bond acceptors (Lipinski definition) is 5. The Morgan fingerprint density at radius 1 is 1.11 bits per heavy atom. The molecule has 2 aromatic heterocycles. The number of nitrogens with zero attached hydrogens (tertiary/aromatic N) is 3. The van der Waals surface area contributed by atoms with Crippen LogP contribution in [0.1, 0.15) is 0 Å². The molecular weight excluding hydrogens is 356 g/mol. The molecule has 138 valence electrons. The number of imidazole rings is 1. The highest BCUT2D eigenvalue weighted by Gasteiger charge is 2.27. The Labute approximate surface area is 160 Å². The van der Waals surface area contributed by atoms with Crippen LogP contribution < -0.4 is 14.8 Å². The molecule has 4 aromatic rings. The first-order chi connectivity index (χ1) is 13.8. The number of aromatic nitrogens is 3. The van der Waals surface area contributed by atoms with Crippen LogP contribution >= 0.6 is 0 Å². The Kier molecular flexibility index (Phi) is 3.90. The fraction of sp³-hybridized carbons (Fsp3) is 0.0952. The third-order valence-corrected chi connectivity index (χ3v) is 4.46. The number of para-hydroxylation sites is 2. The molecule has 0 radical (unpaired) electrons. The van der Waals surface area contributed by atoms with Gasteiger partial charge >= 0.3 is 0 Å². The van der Waals surface area contributed by atoms with E-state index < -0.39 is 6.10 Å². The molecule has 7 nitrogen and oxygen atoms in total. The zero-order valence-corrected chi connectivity index (χ0v) is 14.8. The molecule has 0 bridgehead atoms. The lowest BCUT2D eigenvalue weighted by atomic mass is 10.1. The van der Waals surface area contributed by atoms with Gasteiger partial charge in [0.1, 0.15) is 6.61 Å². The molecule has 1 aliphatic rings. The maximum absolute atomic E-state index is 12.6. The Morgan fingerprint density at radius 2 is 2.00 bits per heavy atom. The van der Waals surface area contributed by atoms with Crippen molar-refractivity contribution in [1.82, 2.24) is 14.4 Å². The Hall–Kier alpha value is -3.87. The van der Waals surface area contributed by atoms with E-state index in [1.54, 1.807) is 12.3 Å². The molecule has 0 unspecified atom stereocenters. The predicted molar refractivity (Wildman–Crippen MR) is 103 cm³/mol. The Bertz CT molecular complexity index is 1140. The number of carbonyl (C=O) groups is 1. The molecule has 0 saturated carbocycles. The quantitative estimate of drug-likeness (QED) is 0.598. The zero-order valence-electron chi connectivity index (χ0n) is 14.8. The van der Waals surface area contributed by atoms with Gasteiger partial charge in [0.2, 0.25) is 11.9 Å². The van der Waals surface area contributed by atoms with Crippen molar-refractivity contribution in [2.24, 2.45) is 0 Å². The van der Waals surface area contributed by atoms with E-state index in [1.807, 2.05) is 65.3 Å². The van der Waals surface area contributed by atoms with Crippen LogP contribution in [-0.2, 0) is 4.79 Å². The summed E-state index contributed by atoms with van der Waals surface area (Å²) in [5.41, 5.74) is 2.32. The minimum absolute atomic E-state index is 0.167. The summed E-state index contributed by atoms with van der Waals surface area (Å²) in [5, 5.41) is 2.89. The van der Waals surface area contributed by atoms with Crippen LogP contribution in [0.25, 0.3) is 17.0 Å². The number of hydrogen-bond donors (Lipinski definition) is 1. The van der Waals surface area contributed by atoms with Crippen molar-refractivity contribution >= 4 is 17.4 Å². The average Bonchev–Trinajstić information content (AvgIpc) is 3.18. The largest absolute Gasteiger partial charge is 0.485 e. The molecule has 0 spiro atoms. The topological polar surface area (TPSA) is 77.8 Å². The van der Waals surface area contributed by atoms with Crippen molar-refractivity contribution in [2.45, 2.75) is 6.10 Å². The number of fused-ring (bicyclic) bond motifs is 2. The van der Waals surface area contributed by atoms with E-state index >= 15 is 0 Å². The molecule has 0 fully saturated rings. The molecule has 7 heteroatoms. The number of anilines is 1. The first-order valence-electron chi connectivity index (χ1n) is 8.86. The maximum Gasteiger partial charge on any atom is 0.269 e. The first-order valence-corrected chi connectivity index (χ1v) is 8.86. The van der Waals surface area contributed by atoms with E-state index in [0.717, 1.165) is 11.3 Å². The van der Waals surface area contributed by atoms with Crippen molar-refractivity contribution in [3.8, 4) is 22.8 Å². The van der Waals surface area contributed by atoms with Gasteiger partial charge < -0.3 is 14.8 Å². The second kappa shape index (κ2) is 6.70. The number of nitrogens with one attached hydrogen (secondary N) is 1. The summed E-state index contributed by atoms with van der Waals surface area (Å²) in [5.74, 6) is 1.58. The van der Waals surface area contributed by atoms with Crippen molar-refractivity contribution in [3.05, 3.63) is 73.2 Å². The van der Waals surface area contributed by atoms with Crippen LogP contribution in [0.2, 0.25) is 0 Å². The van der Waals surface area contributed by atoms with Crippen molar-refractivity contribution in [3.63, 3.8) is 0 Å². The molecule has 5 rings (SSSR count). The van der Waals surface area contributed by atoms with E-state index in [9.17, 15) is 4.79 Å². The summed E-state index contributed by atoms with van der Waals surface area (Å²) in [7, 11) is 0.